The highest BCUT2D eigenvalue weighted by Gasteiger charge is 2.04. The Kier molecular flexibility index (Phi) is 4.80. The molecular weight excluding hydrogens is 340 g/mol. The number of anilines is 1. The molecule has 0 heterocycles. The minimum Gasteiger partial charge on any atom is -0.381 e. The van der Waals surface area contributed by atoms with Gasteiger partial charge in [0.1, 0.15) is 0 Å². The van der Waals surface area contributed by atoms with Gasteiger partial charge >= 0.3 is 0 Å². The lowest BCUT2D eigenvalue weighted by molar-refractivity contribution is 0.597. The first-order valence-corrected chi connectivity index (χ1v) is 8.51. The van der Waals surface area contributed by atoms with Crippen LogP contribution in [0.2, 0.25) is 0 Å². The smallest absolute Gasteiger partial charge is 0.213 e. The maximum absolute atomic E-state index is 11.0. The van der Waals surface area contributed by atoms with Crippen LogP contribution in [0.1, 0.15) is 11.1 Å². The lowest BCUT2D eigenvalue weighted by Gasteiger charge is -2.08. The van der Waals surface area contributed by atoms with Crippen LogP contribution in [0.15, 0.2) is 53.0 Å². The highest BCUT2D eigenvalue weighted by Crippen LogP contribution is 2.15. The van der Waals surface area contributed by atoms with Gasteiger partial charge in [-0.05, 0) is 35.4 Å². The van der Waals surface area contributed by atoms with Crippen molar-refractivity contribution in [2.75, 3.05) is 5.32 Å². The van der Waals surface area contributed by atoms with Gasteiger partial charge in [-0.1, -0.05) is 40.2 Å². The molecule has 106 valence electrons. The Balaban J connectivity index is 1.97. The number of halogens is 1. The van der Waals surface area contributed by atoms with E-state index in [1.54, 1.807) is 12.1 Å². The van der Waals surface area contributed by atoms with Gasteiger partial charge in [0.2, 0.25) is 10.0 Å². The van der Waals surface area contributed by atoms with Crippen molar-refractivity contribution < 1.29 is 8.42 Å². The molecule has 0 fully saturated rings. The van der Waals surface area contributed by atoms with E-state index in [-0.39, 0.29) is 5.75 Å². The first-order chi connectivity index (χ1) is 9.42. The molecule has 4 nitrogen and oxygen atoms in total. The second-order valence-corrected chi connectivity index (χ2v) is 7.02. The average Bonchev–Trinajstić information content (AvgIpc) is 2.36. The van der Waals surface area contributed by atoms with E-state index in [0.717, 1.165) is 15.7 Å². The summed E-state index contributed by atoms with van der Waals surface area (Å²) in [6.07, 6.45) is 0. The largest absolute Gasteiger partial charge is 0.381 e. The topological polar surface area (TPSA) is 72.2 Å². The third-order valence-electron chi connectivity index (χ3n) is 2.71. The Morgan fingerprint density at radius 1 is 1.05 bits per heavy atom. The molecule has 0 aliphatic rings. The van der Waals surface area contributed by atoms with Crippen molar-refractivity contribution in [2.24, 2.45) is 5.14 Å². The zero-order chi connectivity index (χ0) is 14.6. The molecule has 2 aromatic rings. The quantitative estimate of drug-likeness (QED) is 0.866. The lowest BCUT2D eigenvalue weighted by Crippen LogP contribution is -2.14. The number of primary sulfonamides is 1. The SMILES string of the molecule is NS(=O)(=O)Cc1ccc(NCc2cccc(Br)c2)cc1. The molecule has 0 aliphatic heterocycles. The molecule has 0 aromatic heterocycles. The Bertz CT molecular complexity index is 685. The molecule has 20 heavy (non-hydrogen) atoms. The zero-order valence-corrected chi connectivity index (χ0v) is 13.1. The van der Waals surface area contributed by atoms with E-state index < -0.39 is 10.0 Å². The minimum absolute atomic E-state index is 0.140. The van der Waals surface area contributed by atoms with Crippen LogP contribution >= 0.6 is 15.9 Å². The number of benzene rings is 2. The number of rotatable bonds is 5. The molecule has 0 atom stereocenters. The van der Waals surface area contributed by atoms with Gasteiger partial charge in [-0.15, -0.1) is 0 Å². The van der Waals surface area contributed by atoms with Crippen LogP contribution < -0.4 is 10.5 Å². The number of hydrogen-bond donors (Lipinski definition) is 2. The normalized spacial score (nSPS) is 11.3. The van der Waals surface area contributed by atoms with Crippen molar-refractivity contribution in [1.82, 2.24) is 0 Å². The first kappa shape index (κ1) is 15.0. The summed E-state index contributed by atoms with van der Waals surface area (Å²) in [7, 11) is -3.48. The number of hydrogen-bond acceptors (Lipinski definition) is 3. The maximum atomic E-state index is 11.0. The molecule has 0 spiro atoms. The van der Waals surface area contributed by atoms with E-state index in [0.29, 0.717) is 12.1 Å². The van der Waals surface area contributed by atoms with Gasteiger partial charge in [0.15, 0.2) is 0 Å². The summed E-state index contributed by atoms with van der Waals surface area (Å²) in [6, 6.07) is 15.2. The van der Waals surface area contributed by atoms with Crippen molar-refractivity contribution in [2.45, 2.75) is 12.3 Å². The molecule has 0 saturated heterocycles. The van der Waals surface area contributed by atoms with Gasteiger partial charge in [0.05, 0.1) is 5.75 Å². The number of nitrogens with one attached hydrogen (secondary N) is 1. The molecule has 0 saturated carbocycles. The van der Waals surface area contributed by atoms with E-state index in [4.69, 9.17) is 5.14 Å². The van der Waals surface area contributed by atoms with Crippen LogP contribution in [0.4, 0.5) is 5.69 Å². The van der Waals surface area contributed by atoms with Crippen LogP contribution in [0.3, 0.4) is 0 Å². The fraction of sp³-hybridized carbons (Fsp3) is 0.143. The van der Waals surface area contributed by atoms with E-state index in [1.807, 2.05) is 36.4 Å². The van der Waals surface area contributed by atoms with Gasteiger partial charge in [-0.25, -0.2) is 13.6 Å². The van der Waals surface area contributed by atoms with Crippen molar-refractivity contribution in [3.63, 3.8) is 0 Å². The highest BCUT2D eigenvalue weighted by atomic mass is 79.9. The van der Waals surface area contributed by atoms with Gasteiger partial charge in [0.25, 0.3) is 0 Å². The monoisotopic (exact) mass is 354 g/mol. The molecule has 6 heteroatoms. The fourth-order valence-electron chi connectivity index (χ4n) is 1.80. The summed E-state index contributed by atoms with van der Waals surface area (Å²) in [4.78, 5) is 0. The van der Waals surface area contributed by atoms with Crippen molar-refractivity contribution in [3.8, 4) is 0 Å². The lowest BCUT2D eigenvalue weighted by atomic mass is 10.2. The molecule has 0 radical (unpaired) electrons. The van der Waals surface area contributed by atoms with E-state index in [1.165, 1.54) is 0 Å². The van der Waals surface area contributed by atoms with Crippen LogP contribution in [0.25, 0.3) is 0 Å². The molecule has 0 unspecified atom stereocenters. The van der Waals surface area contributed by atoms with E-state index in [9.17, 15) is 8.42 Å². The number of nitrogens with two attached hydrogens (primary N) is 1. The molecular formula is C14H15BrN2O2S. The summed E-state index contributed by atoms with van der Waals surface area (Å²) in [6.45, 7) is 0.702. The highest BCUT2D eigenvalue weighted by molar-refractivity contribution is 9.10. The van der Waals surface area contributed by atoms with Crippen LogP contribution in [0.5, 0.6) is 0 Å². The summed E-state index contributed by atoms with van der Waals surface area (Å²) in [5, 5.41) is 8.28. The van der Waals surface area contributed by atoms with Crippen LogP contribution in [-0.2, 0) is 22.3 Å². The summed E-state index contributed by atoms with van der Waals surface area (Å²) in [5.41, 5.74) is 2.77. The van der Waals surface area contributed by atoms with E-state index >= 15 is 0 Å². The third-order valence-corrected chi connectivity index (χ3v) is 3.94. The van der Waals surface area contributed by atoms with Gasteiger partial charge in [-0.3, -0.25) is 0 Å². The zero-order valence-electron chi connectivity index (χ0n) is 10.7. The second-order valence-electron chi connectivity index (χ2n) is 4.49. The Hall–Kier alpha value is -1.37. The standard InChI is InChI=1S/C14H15BrN2O2S/c15-13-3-1-2-12(8-13)9-17-14-6-4-11(5-7-14)10-20(16,18)19/h1-8,17H,9-10H2,(H2,16,18,19). The molecule has 0 amide bonds. The van der Waals surface area contributed by atoms with Crippen LogP contribution in [-0.4, -0.2) is 8.42 Å². The molecule has 0 aliphatic carbocycles. The molecule has 2 rings (SSSR count). The Morgan fingerprint density at radius 2 is 1.75 bits per heavy atom. The molecule has 3 N–H and O–H groups in total. The fourth-order valence-corrected chi connectivity index (χ4v) is 2.91. The van der Waals surface area contributed by atoms with E-state index in [2.05, 4.69) is 21.2 Å². The predicted octanol–water partition coefficient (Wildman–Crippen LogP) is 2.85. The van der Waals surface area contributed by atoms with Crippen molar-refractivity contribution in [3.05, 3.63) is 64.1 Å². The number of sulfonamides is 1. The summed E-state index contributed by atoms with van der Waals surface area (Å²) >= 11 is 3.43. The Morgan fingerprint density at radius 3 is 2.35 bits per heavy atom. The maximum Gasteiger partial charge on any atom is 0.213 e. The average molecular weight is 355 g/mol. The molecule has 0 bridgehead atoms. The Labute approximate surface area is 127 Å². The first-order valence-electron chi connectivity index (χ1n) is 6.00. The molecule has 2 aromatic carbocycles. The third kappa shape index (κ3) is 4.96. The second kappa shape index (κ2) is 6.39. The van der Waals surface area contributed by atoms with Gasteiger partial charge in [-0.2, -0.15) is 0 Å². The summed E-state index contributed by atoms with van der Waals surface area (Å²) < 4.78 is 23.0. The minimum atomic E-state index is -3.48. The van der Waals surface area contributed by atoms with Crippen molar-refractivity contribution in [1.29, 1.82) is 0 Å². The summed E-state index contributed by atoms with van der Waals surface area (Å²) in [5.74, 6) is -0.140. The van der Waals surface area contributed by atoms with Gasteiger partial charge < -0.3 is 5.32 Å². The van der Waals surface area contributed by atoms with Crippen LogP contribution in [0, 0.1) is 0 Å². The van der Waals surface area contributed by atoms with Crippen molar-refractivity contribution >= 4 is 31.6 Å². The van der Waals surface area contributed by atoms with Gasteiger partial charge in [0, 0.05) is 16.7 Å². The predicted molar refractivity (Wildman–Crippen MR) is 84.7 cm³/mol.